The van der Waals surface area contributed by atoms with Crippen molar-refractivity contribution < 1.29 is 9.53 Å². The molecule has 1 amide bonds. The van der Waals surface area contributed by atoms with Crippen LogP contribution in [0.25, 0.3) is 11.3 Å². The zero-order chi connectivity index (χ0) is 19.1. The number of aromatic nitrogens is 2. The molecule has 3 rings (SSSR count). The van der Waals surface area contributed by atoms with Gasteiger partial charge in [0.2, 0.25) is 5.91 Å². The molecule has 1 unspecified atom stereocenters. The van der Waals surface area contributed by atoms with E-state index in [1.54, 1.807) is 0 Å². The number of benzene rings is 1. The second kappa shape index (κ2) is 9.95. The van der Waals surface area contributed by atoms with Crippen LogP contribution in [0.2, 0.25) is 0 Å². The van der Waals surface area contributed by atoms with Crippen molar-refractivity contribution in [3.63, 3.8) is 0 Å². The molecule has 0 saturated carbocycles. The third kappa shape index (κ3) is 5.36. The summed E-state index contributed by atoms with van der Waals surface area (Å²) >= 11 is 1.50. The average Bonchev–Trinajstić information content (AvgIpc) is 3.35. The Morgan fingerprint density at radius 1 is 1.33 bits per heavy atom. The van der Waals surface area contributed by atoms with Gasteiger partial charge in [0.1, 0.15) is 0 Å². The van der Waals surface area contributed by atoms with Gasteiger partial charge < -0.3 is 14.6 Å². The summed E-state index contributed by atoms with van der Waals surface area (Å²) in [4.78, 5) is 16.9. The summed E-state index contributed by atoms with van der Waals surface area (Å²) in [6.07, 6.45) is 6.23. The first-order valence-electron chi connectivity index (χ1n) is 9.86. The van der Waals surface area contributed by atoms with Crippen molar-refractivity contribution in [1.82, 2.24) is 14.9 Å². The van der Waals surface area contributed by atoms with Crippen molar-refractivity contribution in [1.29, 1.82) is 0 Å². The number of nitrogens with zero attached hydrogens (tertiary/aromatic N) is 2. The number of thioether (sulfide) groups is 1. The topological polar surface area (TPSA) is 56.2 Å². The number of carbonyl (C=O) groups is 1. The minimum Gasteiger partial charge on any atom is -0.376 e. The van der Waals surface area contributed by atoms with Gasteiger partial charge in [-0.1, -0.05) is 55.9 Å². The van der Waals surface area contributed by atoms with Crippen LogP contribution in [0, 0.1) is 0 Å². The number of nitrogens with one attached hydrogen (secondary N) is 1. The SMILES string of the molecule is CCC(CC)NC(=O)CSc1ncc(-c2ccccc2)n1CC1CCCO1. The molecule has 6 heteroatoms. The van der Waals surface area contributed by atoms with E-state index in [2.05, 4.69) is 40.8 Å². The fourth-order valence-corrected chi connectivity index (χ4v) is 4.17. The van der Waals surface area contributed by atoms with E-state index < -0.39 is 0 Å². The van der Waals surface area contributed by atoms with E-state index in [9.17, 15) is 4.79 Å². The van der Waals surface area contributed by atoms with E-state index in [1.807, 2.05) is 24.4 Å². The molecule has 2 heterocycles. The number of hydrogen-bond donors (Lipinski definition) is 1. The molecular weight excluding hydrogens is 358 g/mol. The van der Waals surface area contributed by atoms with E-state index in [0.29, 0.717) is 5.75 Å². The summed E-state index contributed by atoms with van der Waals surface area (Å²) in [6, 6.07) is 10.5. The van der Waals surface area contributed by atoms with Gasteiger partial charge in [-0.3, -0.25) is 4.79 Å². The zero-order valence-electron chi connectivity index (χ0n) is 16.2. The normalized spacial score (nSPS) is 16.8. The number of rotatable bonds is 9. The standard InChI is InChI=1S/C21H29N3O2S/c1-3-17(4-2)23-20(25)15-27-21-22-13-19(16-9-6-5-7-10-16)24(21)14-18-11-8-12-26-18/h5-7,9-10,13,17-18H,3-4,8,11-12,14-15H2,1-2H3,(H,23,25). The second-order valence-electron chi connectivity index (χ2n) is 6.91. The zero-order valence-corrected chi connectivity index (χ0v) is 17.0. The lowest BCUT2D eigenvalue weighted by Crippen LogP contribution is -2.35. The summed E-state index contributed by atoms with van der Waals surface area (Å²) in [5.41, 5.74) is 2.21. The van der Waals surface area contributed by atoms with E-state index in [-0.39, 0.29) is 18.1 Å². The van der Waals surface area contributed by atoms with Crippen LogP contribution in [0.4, 0.5) is 0 Å². The molecule has 1 fully saturated rings. The molecule has 0 radical (unpaired) electrons. The van der Waals surface area contributed by atoms with Crippen LogP contribution in [-0.2, 0) is 16.1 Å². The monoisotopic (exact) mass is 387 g/mol. The lowest BCUT2D eigenvalue weighted by Gasteiger charge is -2.17. The molecule has 1 N–H and O–H groups in total. The molecular formula is C21H29N3O2S. The first kappa shape index (κ1) is 20.0. The van der Waals surface area contributed by atoms with Crippen LogP contribution >= 0.6 is 11.8 Å². The Morgan fingerprint density at radius 2 is 2.11 bits per heavy atom. The van der Waals surface area contributed by atoms with Gasteiger partial charge >= 0.3 is 0 Å². The van der Waals surface area contributed by atoms with Crippen molar-refractivity contribution in [2.24, 2.45) is 0 Å². The molecule has 1 aliphatic heterocycles. The van der Waals surface area contributed by atoms with E-state index in [0.717, 1.165) is 55.2 Å². The van der Waals surface area contributed by atoms with Crippen molar-refractivity contribution in [3.8, 4) is 11.3 Å². The summed E-state index contributed by atoms with van der Waals surface area (Å²) in [7, 11) is 0. The van der Waals surface area contributed by atoms with E-state index in [1.165, 1.54) is 11.8 Å². The van der Waals surface area contributed by atoms with Gasteiger partial charge in [-0.25, -0.2) is 4.98 Å². The lowest BCUT2D eigenvalue weighted by atomic mass is 10.1. The van der Waals surface area contributed by atoms with Crippen LogP contribution in [0.1, 0.15) is 39.5 Å². The highest BCUT2D eigenvalue weighted by atomic mass is 32.2. The minimum atomic E-state index is 0.0710. The fraction of sp³-hybridized carbons (Fsp3) is 0.524. The molecule has 146 valence electrons. The van der Waals surface area contributed by atoms with E-state index in [4.69, 9.17) is 4.74 Å². The van der Waals surface area contributed by atoms with Gasteiger partial charge in [-0.2, -0.15) is 0 Å². The van der Waals surface area contributed by atoms with E-state index >= 15 is 0 Å². The summed E-state index contributed by atoms with van der Waals surface area (Å²) < 4.78 is 8.05. The Balaban J connectivity index is 1.73. The first-order chi connectivity index (χ1) is 13.2. The molecule has 0 spiro atoms. The lowest BCUT2D eigenvalue weighted by molar-refractivity contribution is -0.119. The average molecular weight is 388 g/mol. The van der Waals surface area contributed by atoms with Crippen molar-refractivity contribution in [2.45, 2.75) is 63.4 Å². The van der Waals surface area contributed by atoms with Gasteiger partial charge in [0.15, 0.2) is 5.16 Å². The summed E-state index contributed by atoms with van der Waals surface area (Å²) in [6.45, 7) is 5.81. The molecule has 27 heavy (non-hydrogen) atoms. The molecule has 1 aromatic heterocycles. The van der Waals surface area contributed by atoms with Gasteiger partial charge in [0.25, 0.3) is 0 Å². The summed E-state index contributed by atoms with van der Waals surface area (Å²) in [5.74, 6) is 0.453. The third-order valence-corrected chi connectivity index (χ3v) is 5.97. The molecule has 5 nitrogen and oxygen atoms in total. The molecule has 1 aromatic carbocycles. The second-order valence-corrected chi connectivity index (χ2v) is 7.85. The Hall–Kier alpha value is -1.79. The van der Waals surface area contributed by atoms with Crippen LogP contribution in [0.3, 0.4) is 0 Å². The number of ether oxygens (including phenoxy) is 1. The predicted octanol–water partition coefficient (Wildman–Crippen LogP) is 4.13. The molecule has 1 aliphatic rings. The number of hydrogen-bond acceptors (Lipinski definition) is 4. The van der Waals surface area contributed by atoms with Gasteiger partial charge in [-0.05, 0) is 31.2 Å². The van der Waals surface area contributed by atoms with Crippen LogP contribution in [0.5, 0.6) is 0 Å². The maximum atomic E-state index is 12.3. The van der Waals surface area contributed by atoms with Crippen molar-refractivity contribution >= 4 is 17.7 Å². The maximum absolute atomic E-state index is 12.3. The third-order valence-electron chi connectivity index (χ3n) is 4.98. The molecule has 2 aromatic rings. The highest BCUT2D eigenvalue weighted by Gasteiger charge is 2.21. The first-order valence-corrected chi connectivity index (χ1v) is 10.8. The molecule has 1 atom stereocenters. The predicted molar refractivity (Wildman–Crippen MR) is 110 cm³/mol. The molecule has 0 bridgehead atoms. The van der Waals surface area contributed by atoms with Crippen molar-refractivity contribution in [2.75, 3.05) is 12.4 Å². The largest absolute Gasteiger partial charge is 0.376 e. The van der Waals surface area contributed by atoms with Gasteiger partial charge in [0, 0.05) is 12.6 Å². The van der Waals surface area contributed by atoms with Gasteiger partial charge in [0.05, 0.1) is 30.3 Å². The van der Waals surface area contributed by atoms with Crippen LogP contribution < -0.4 is 5.32 Å². The minimum absolute atomic E-state index is 0.0710. The molecule has 0 aliphatic carbocycles. The number of carbonyl (C=O) groups excluding carboxylic acids is 1. The maximum Gasteiger partial charge on any atom is 0.230 e. The Morgan fingerprint density at radius 3 is 2.78 bits per heavy atom. The Bertz CT molecular complexity index is 722. The van der Waals surface area contributed by atoms with Crippen LogP contribution in [-0.4, -0.2) is 40.0 Å². The Labute approximate surface area is 165 Å². The fourth-order valence-electron chi connectivity index (χ4n) is 3.37. The summed E-state index contributed by atoms with van der Waals surface area (Å²) in [5, 5.41) is 3.97. The Kier molecular flexibility index (Phi) is 7.35. The van der Waals surface area contributed by atoms with Crippen LogP contribution in [0.15, 0.2) is 41.7 Å². The van der Waals surface area contributed by atoms with Gasteiger partial charge in [-0.15, -0.1) is 0 Å². The quantitative estimate of drug-likeness (QED) is 0.658. The molecule has 1 saturated heterocycles. The number of imidazole rings is 1. The smallest absolute Gasteiger partial charge is 0.230 e. The number of amides is 1. The highest BCUT2D eigenvalue weighted by Crippen LogP contribution is 2.28. The van der Waals surface area contributed by atoms with Crippen molar-refractivity contribution in [3.05, 3.63) is 36.5 Å². The highest BCUT2D eigenvalue weighted by molar-refractivity contribution is 7.99.